The van der Waals surface area contributed by atoms with Crippen LogP contribution < -0.4 is 11.1 Å². The predicted octanol–water partition coefficient (Wildman–Crippen LogP) is -0.942. The summed E-state index contributed by atoms with van der Waals surface area (Å²) in [6, 6.07) is 0. The van der Waals surface area contributed by atoms with Gasteiger partial charge in [-0.1, -0.05) is 6.92 Å². The Morgan fingerprint density at radius 3 is 2.40 bits per heavy atom. The predicted molar refractivity (Wildman–Crippen MR) is 36.7 cm³/mol. The summed E-state index contributed by atoms with van der Waals surface area (Å²) in [5, 5.41) is 2.35. The fourth-order valence-corrected chi connectivity index (χ4v) is 0.393. The van der Waals surface area contributed by atoms with E-state index in [0.29, 0.717) is 0 Å². The molecule has 1 radical (unpaired) electrons. The van der Waals surface area contributed by atoms with Crippen LogP contribution in [0.25, 0.3) is 0 Å². The maximum atomic E-state index is 10.6. The van der Waals surface area contributed by atoms with Crippen molar-refractivity contribution in [3.8, 4) is 0 Å². The summed E-state index contributed by atoms with van der Waals surface area (Å²) < 4.78 is 0. The molecule has 4 nitrogen and oxygen atoms in total. The second-order valence-corrected chi connectivity index (χ2v) is 1.97. The highest BCUT2D eigenvalue weighted by Gasteiger charge is 2.12. The van der Waals surface area contributed by atoms with Crippen LogP contribution in [-0.4, -0.2) is 18.9 Å². The second kappa shape index (κ2) is 3.87. The summed E-state index contributed by atoms with van der Waals surface area (Å²) in [7, 11) is 1.49. The number of carbonyl (C=O) groups is 2. The SMILES string of the molecule is CNC(=O)[CH]C(C)C(N)=O. The number of primary amides is 1. The molecule has 0 fully saturated rings. The van der Waals surface area contributed by atoms with Gasteiger partial charge in [-0.3, -0.25) is 9.59 Å². The molecular formula is C6H11N2O2. The van der Waals surface area contributed by atoms with Gasteiger partial charge in [-0.15, -0.1) is 0 Å². The highest BCUT2D eigenvalue weighted by molar-refractivity contribution is 5.91. The summed E-state index contributed by atoms with van der Waals surface area (Å²) >= 11 is 0. The lowest BCUT2D eigenvalue weighted by atomic mass is 10.1. The molecule has 1 unspecified atom stereocenters. The molecule has 0 spiro atoms. The van der Waals surface area contributed by atoms with Gasteiger partial charge < -0.3 is 11.1 Å². The van der Waals surface area contributed by atoms with Crippen LogP contribution in [0.3, 0.4) is 0 Å². The highest BCUT2D eigenvalue weighted by atomic mass is 16.2. The van der Waals surface area contributed by atoms with Crippen LogP contribution in [-0.2, 0) is 9.59 Å². The fraction of sp³-hybridized carbons (Fsp3) is 0.500. The molecule has 0 aliphatic rings. The van der Waals surface area contributed by atoms with Crippen LogP contribution in [0.4, 0.5) is 0 Å². The Balaban J connectivity index is 3.68. The molecule has 0 aliphatic heterocycles. The average Bonchev–Trinajstić information content (AvgIpc) is 1.87. The number of hydrogen-bond acceptors (Lipinski definition) is 2. The van der Waals surface area contributed by atoms with Crippen LogP contribution in [0.5, 0.6) is 0 Å². The Morgan fingerprint density at radius 2 is 2.10 bits per heavy atom. The first-order valence-electron chi connectivity index (χ1n) is 2.93. The maximum Gasteiger partial charge on any atom is 0.224 e. The molecule has 0 bridgehead atoms. The smallest absolute Gasteiger partial charge is 0.224 e. The number of nitrogens with one attached hydrogen (secondary N) is 1. The van der Waals surface area contributed by atoms with E-state index in [1.54, 1.807) is 6.92 Å². The first-order valence-corrected chi connectivity index (χ1v) is 2.93. The van der Waals surface area contributed by atoms with Gasteiger partial charge in [0.15, 0.2) is 0 Å². The number of amides is 2. The zero-order valence-electron chi connectivity index (χ0n) is 6.05. The molecule has 0 saturated carbocycles. The van der Waals surface area contributed by atoms with Crippen molar-refractivity contribution in [3.05, 3.63) is 6.42 Å². The minimum Gasteiger partial charge on any atom is -0.369 e. The van der Waals surface area contributed by atoms with Crippen LogP contribution in [0.15, 0.2) is 0 Å². The standard InChI is InChI=1S/C6H11N2O2/c1-4(6(7)10)3-5(9)8-2/h3-4H,1-2H3,(H2,7,10)(H,8,9). The van der Waals surface area contributed by atoms with Gasteiger partial charge in [0.05, 0.1) is 6.42 Å². The van der Waals surface area contributed by atoms with Gasteiger partial charge in [0.2, 0.25) is 11.8 Å². The van der Waals surface area contributed by atoms with Crippen LogP contribution in [0.1, 0.15) is 6.92 Å². The van der Waals surface area contributed by atoms with E-state index in [1.807, 2.05) is 0 Å². The summed E-state index contributed by atoms with van der Waals surface area (Å²) in [6.45, 7) is 1.57. The monoisotopic (exact) mass is 143 g/mol. The molecule has 0 rings (SSSR count). The van der Waals surface area contributed by atoms with E-state index in [4.69, 9.17) is 5.73 Å². The van der Waals surface area contributed by atoms with Gasteiger partial charge in [-0.25, -0.2) is 0 Å². The van der Waals surface area contributed by atoms with E-state index in [1.165, 1.54) is 13.5 Å². The van der Waals surface area contributed by atoms with Gasteiger partial charge in [-0.05, 0) is 0 Å². The van der Waals surface area contributed by atoms with Crippen molar-refractivity contribution in [2.45, 2.75) is 6.92 Å². The lowest BCUT2D eigenvalue weighted by Gasteiger charge is -2.03. The van der Waals surface area contributed by atoms with Crippen molar-refractivity contribution in [1.29, 1.82) is 0 Å². The van der Waals surface area contributed by atoms with Crippen LogP contribution in [0, 0.1) is 12.3 Å². The molecule has 0 saturated heterocycles. The van der Waals surface area contributed by atoms with E-state index in [9.17, 15) is 9.59 Å². The third-order valence-electron chi connectivity index (χ3n) is 1.10. The molecule has 57 valence electrons. The molecule has 0 aliphatic carbocycles. The third kappa shape index (κ3) is 3.06. The van der Waals surface area contributed by atoms with Crippen LogP contribution >= 0.6 is 0 Å². The molecular weight excluding hydrogens is 132 g/mol. The Bertz CT molecular complexity index is 145. The van der Waals surface area contributed by atoms with E-state index in [2.05, 4.69) is 5.32 Å². The number of rotatable bonds is 3. The molecule has 4 heteroatoms. The van der Waals surface area contributed by atoms with Crippen LogP contribution in [0.2, 0.25) is 0 Å². The summed E-state index contributed by atoms with van der Waals surface area (Å²) in [5.74, 6) is -1.28. The summed E-state index contributed by atoms with van der Waals surface area (Å²) in [5.41, 5.74) is 4.89. The van der Waals surface area contributed by atoms with E-state index in [-0.39, 0.29) is 5.91 Å². The Labute approximate surface area is 59.8 Å². The zero-order valence-corrected chi connectivity index (χ0v) is 6.05. The lowest BCUT2D eigenvalue weighted by Crippen LogP contribution is -2.28. The van der Waals surface area contributed by atoms with Crippen molar-refractivity contribution in [2.75, 3.05) is 7.05 Å². The van der Waals surface area contributed by atoms with Crippen molar-refractivity contribution >= 4 is 11.8 Å². The van der Waals surface area contributed by atoms with Gasteiger partial charge in [0.25, 0.3) is 0 Å². The molecule has 0 aromatic heterocycles. The quantitative estimate of drug-likeness (QED) is 0.535. The number of carbonyl (C=O) groups excluding carboxylic acids is 2. The van der Waals surface area contributed by atoms with Crippen molar-refractivity contribution in [1.82, 2.24) is 5.32 Å². The number of nitrogens with two attached hydrogens (primary N) is 1. The third-order valence-corrected chi connectivity index (χ3v) is 1.10. The first kappa shape index (κ1) is 8.94. The van der Waals surface area contributed by atoms with Crippen molar-refractivity contribution in [2.24, 2.45) is 11.7 Å². The Hall–Kier alpha value is -1.06. The van der Waals surface area contributed by atoms with E-state index in [0.717, 1.165) is 0 Å². The summed E-state index contributed by atoms with van der Waals surface area (Å²) in [6.07, 6.45) is 1.24. The average molecular weight is 143 g/mol. The summed E-state index contributed by atoms with van der Waals surface area (Å²) in [4.78, 5) is 20.9. The topological polar surface area (TPSA) is 72.2 Å². The van der Waals surface area contributed by atoms with Gasteiger partial charge in [0.1, 0.15) is 0 Å². The largest absolute Gasteiger partial charge is 0.369 e. The van der Waals surface area contributed by atoms with E-state index < -0.39 is 11.8 Å². The first-order chi connectivity index (χ1) is 4.57. The molecule has 2 amide bonds. The fourth-order valence-electron chi connectivity index (χ4n) is 0.393. The highest BCUT2D eigenvalue weighted by Crippen LogP contribution is 1.96. The number of hydrogen-bond donors (Lipinski definition) is 2. The lowest BCUT2D eigenvalue weighted by molar-refractivity contribution is -0.124. The van der Waals surface area contributed by atoms with Gasteiger partial charge in [-0.2, -0.15) is 0 Å². The maximum absolute atomic E-state index is 10.6. The normalized spacial score (nSPS) is 12.2. The second-order valence-electron chi connectivity index (χ2n) is 1.97. The van der Waals surface area contributed by atoms with E-state index >= 15 is 0 Å². The molecule has 3 N–H and O–H groups in total. The Morgan fingerprint density at radius 1 is 1.60 bits per heavy atom. The molecule has 1 atom stereocenters. The van der Waals surface area contributed by atoms with Gasteiger partial charge >= 0.3 is 0 Å². The molecule has 10 heavy (non-hydrogen) atoms. The molecule has 0 heterocycles. The van der Waals surface area contributed by atoms with Crippen molar-refractivity contribution < 1.29 is 9.59 Å². The molecule has 0 aromatic rings. The van der Waals surface area contributed by atoms with Gasteiger partial charge in [0, 0.05) is 13.0 Å². The molecule has 0 aromatic carbocycles. The Kier molecular flexibility index (Phi) is 3.46. The minimum atomic E-state index is -0.500. The van der Waals surface area contributed by atoms with Crippen molar-refractivity contribution in [3.63, 3.8) is 0 Å². The minimum absolute atomic E-state index is 0.286. The zero-order chi connectivity index (χ0) is 8.15.